The lowest BCUT2D eigenvalue weighted by atomic mass is 9.95. The fourth-order valence-corrected chi connectivity index (χ4v) is 6.21. The Morgan fingerprint density at radius 2 is 2.00 bits per heavy atom. The maximum absolute atomic E-state index is 13.7. The highest BCUT2D eigenvalue weighted by Crippen LogP contribution is 2.35. The summed E-state index contributed by atoms with van der Waals surface area (Å²) in [7, 11) is -4.20. The normalized spacial score (nSPS) is 22.5. The number of sulfonamides is 1. The van der Waals surface area contributed by atoms with Gasteiger partial charge < -0.3 is 9.64 Å². The molecule has 35 heavy (non-hydrogen) atoms. The van der Waals surface area contributed by atoms with Gasteiger partial charge in [0.1, 0.15) is 12.4 Å². The van der Waals surface area contributed by atoms with Crippen LogP contribution in [0, 0.1) is 5.92 Å². The van der Waals surface area contributed by atoms with E-state index in [1.165, 1.54) is 17.0 Å². The predicted octanol–water partition coefficient (Wildman–Crippen LogP) is 3.64. The summed E-state index contributed by atoms with van der Waals surface area (Å²) in [6.07, 6.45) is 4.25. The number of benzene rings is 2. The van der Waals surface area contributed by atoms with Gasteiger partial charge >= 0.3 is 0 Å². The minimum atomic E-state index is -4.20. The number of carbonyl (C=O) groups is 1. The number of halogens is 2. The number of piperidine rings is 1. The number of hydrogen-bond acceptors (Lipinski definition) is 6. The molecule has 0 radical (unpaired) electrons. The van der Waals surface area contributed by atoms with E-state index in [2.05, 4.69) is 9.71 Å². The topological polar surface area (TPSA) is 115 Å². The van der Waals surface area contributed by atoms with Gasteiger partial charge in [0.2, 0.25) is 15.0 Å². The number of rotatable bonds is 7. The molecule has 3 N–H and O–H groups in total. The number of carbonyl (C=O) groups excluding carboxylic acids is 1. The van der Waals surface area contributed by atoms with Gasteiger partial charge in [-0.05, 0) is 36.6 Å². The highest BCUT2D eigenvalue weighted by atomic mass is 35.5. The molecule has 3 unspecified atom stereocenters. The first-order valence-corrected chi connectivity index (χ1v) is 13.3. The molecule has 0 spiro atoms. The Labute approximate surface area is 214 Å². The maximum atomic E-state index is 13.7. The van der Waals surface area contributed by atoms with Gasteiger partial charge in [-0.3, -0.25) is 15.5 Å². The van der Waals surface area contributed by atoms with Crippen molar-refractivity contribution in [3.05, 3.63) is 67.0 Å². The molecule has 0 aliphatic carbocycles. The zero-order chi connectivity index (χ0) is 25.3. The average Bonchev–Trinajstić information content (AvgIpc) is 2.82. The number of nitrogens with one attached hydrogen (secondary N) is 1. The molecule has 1 aliphatic rings. The van der Waals surface area contributed by atoms with Crippen molar-refractivity contribution in [1.29, 1.82) is 0 Å². The van der Waals surface area contributed by atoms with Gasteiger partial charge in [-0.1, -0.05) is 60.5 Å². The number of likely N-dealkylation sites (tertiary alicyclic amines) is 1. The molecule has 2 aromatic carbocycles. The van der Waals surface area contributed by atoms with Crippen molar-refractivity contribution in [3.8, 4) is 5.75 Å². The second-order valence-electron chi connectivity index (χ2n) is 8.73. The van der Waals surface area contributed by atoms with Crippen LogP contribution in [0.4, 0.5) is 0 Å². The van der Waals surface area contributed by atoms with Crippen LogP contribution in [0.25, 0.3) is 10.8 Å². The van der Waals surface area contributed by atoms with E-state index in [0.717, 1.165) is 10.8 Å². The number of aromatic nitrogens is 1. The predicted molar refractivity (Wildman–Crippen MR) is 135 cm³/mol. The second kappa shape index (κ2) is 9.91. The molecule has 3 atom stereocenters. The Bertz CT molecular complexity index is 1320. The summed E-state index contributed by atoms with van der Waals surface area (Å²) >= 11 is 13.3. The Morgan fingerprint density at radius 3 is 2.71 bits per heavy atom. The van der Waals surface area contributed by atoms with E-state index in [1.807, 2.05) is 13.0 Å². The summed E-state index contributed by atoms with van der Waals surface area (Å²) < 4.78 is 34.7. The van der Waals surface area contributed by atoms with Crippen LogP contribution in [-0.2, 0) is 14.8 Å². The Balaban J connectivity index is 1.69. The first-order valence-electron chi connectivity index (χ1n) is 11.1. The third-order valence-corrected chi connectivity index (χ3v) is 8.28. The van der Waals surface area contributed by atoms with Gasteiger partial charge in [-0.25, -0.2) is 8.42 Å². The summed E-state index contributed by atoms with van der Waals surface area (Å²) in [6.45, 7) is 1.69. The molecule has 1 saturated heterocycles. The van der Waals surface area contributed by atoms with Crippen LogP contribution in [0.1, 0.15) is 19.8 Å². The molecule has 1 fully saturated rings. The summed E-state index contributed by atoms with van der Waals surface area (Å²) in [5, 5.41) is 0.0309. The number of ether oxygens (including phenoxy) is 1. The summed E-state index contributed by atoms with van der Waals surface area (Å²) in [5.41, 5.74) is 6.25. The first-order chi connectivity index (χ1) is 16.5. The largest absolute Gasteiger partial charge is 0.489 e. The molecule has 1 aromatic heterocycles. The number of nitrogens with zero attached hydrogens (tertiary/aromatic N) is 2. The quantitative estimate of drug-likeness (QED) is 0.352. The highest BCUT2D eigenvalue weighted by molar-refractivity contribution is 7.89. The van der Waals surface area contributed by atoms with Gasteiger partial charge in [0.25, 0.3) is 5.91 Å². The first kappa shape index (κ1) is 25.7. The van der Waals surface area contributed by atoms with Crippen molar-refractivity contribution < 1.29 is 17.9 Å². The zero-order valence-corrected chi connectivity index (χ0v) is 21.4. The summed E-state index contributed by atoms with van der Waals surface area (Å²) in [5.74, 6) is -0.184. The van der Waals surface area contributed by atoms with E-state index in [9.17, 15) is 13.2 Å². The van der Waals surface area contributed by atoms with E-state index in [4.69, 9.17) is 33.7 Å². The minimum absolute atomic E-state index is 0.0498. The van der Waals surface area contributed by atoms with Gasteiger partial charge in [-0.15, -0.1) is 0 Å². The van der Waals surface area contributed by atoms with Crippen LogP contribution in [0.5, 0.6) is 5.75 Å². The number of amides is 1. The Kier molecular flexibility index (Phi) is 7.26. The number of hydrogen-bond donors (Lipinski definition) is 2. The van der Waals surface area contributed by atoms with E-state index in [1.54, 1.807) is 48.8 Å². The molecular formula is C24H26Cl2N4O4S. The molecule has 1 aliphatic heterocycles. The molecule has 186 valence electrons. The van der Waals surface area contributed by atoms with Gasteiger partial charge in [-0.2, -0.15) is 4.72 Å². The number of nitrogens with two attached hydrogens (primary N) is 1. The van der Waals surface area contributed by atoms with E-state index < -0.39 is 32.7 Å². The molecule has 4 rings (SSSR count). The van der Waals surface area contributed by atoms with Gasteiger partial charge in [0.05, 0.1) is 4.90 Å². The van der Waals surface area contributed by atoms with Gasteiger partial charge in [0, 0.05) is 36.1 Å². The SMILES string of the molecule is CC1CCN(C(=O)C(Cl)(COc2cccc3cnccc23)NS(=O)(=O)c2ccccc2)C(N)(Cl)C1. The van der Waals surface area contributed by atoms with Crippen LogP contribution in [0.3, 0.4) is 0 Å². The van der Waals surface area contributed by atoms with Crippen molar-refractivity contribution in [2.24, 2.45) is 11.7 Å². The monoisotopic (exact) mass is 536 g/mol. The van der Waals surface area contributed by atoms with Crippen molar-refractivity contribution in [3.63, 3.8) is 0 Å². The number of alkyl halides is 2. The maximum Gasteiger partial charge on any atom is 0.265 e. The van der Waals surface area contributed by atoms with Crippen LogP contribution in [-0.4, -0.2) is 47.5 Å². The van der Waals surface area contributed by atoms with Crippen molar-refractivity contribution in [2.75, 3.05) is 13.2 Å². The molecular weight excluding hydrogens is 511 g/mol. The van der Waals surface area contributed by atoms with Crippen LogP contribution < -0.4 is 15.2 Å². The fraction of sp³-hybridized carbons (Fsp3) is 0.333. The van der Waals surface area contributed by atoms with Crippen molar-refractivity contribution in [1.82, 2.24) is 14.6 Å². The molecule has 11 heteroatoms. The van der Waals surface area contributed by atoms with Crippen LogP contribution in [0.15, 0.2) is 71.9 Å². The highest BCUT2D eigenvalue weighted by Gasteiger charge is 2.50. The van der Waals surface area contributed by atoms with E-state index in [-0.39, 0.29) is 17.4 Å². The number of pyridine rings is 1. The lowest BCUT2D eigenvalue weighted by molar-refractivity contribution is -0.141. The third kappa shape index (κ3) is 5.54. The average molecular weight is 537 g/mol. The standard InChI is InChI=1S/C24H26Cl2N4O4S/c1-17-11-13-30(24(26,27)14-17)22(31)23(25,29-35(32,33)19-7-3-2-4-8-19)16-34-21-9-5-6-18-15-28-12-10-20(18)21/h2-10,12,15,17,29H,11,13-14,16,27H2,1H3. The zero-order valence-electron chi connectivity index (χ0n) is 19.0. The Hall–Kier alpha value is -2.43. The van der Waals surface area contributed by atoms with Crippen molar-refractivity contribution in [2.45, 2.75) is 34.8 Å². The van der Waals surface area contributed by atoms with E-state index >= 15 is 0 Å². The molecule has 2 heterocycles. The molecule has 3 aromatic rings. The second-order valence-corrected chi connectivity index (χ2v) is 11.7. The minimum Gasteiger partial charge on any atom is -0.489 e. The van der Waals surface area contributed by atoms with E-state index in [0.29, 0.717) is 18.6 Å². The molecule has 0 saturated carbocycles. The lowest BCUT2D eigenvalue weighted by Gasteiger charge is -2.45. The molecule has 0 bridgehead atoms. The summed E-state index contributed by atoms with van der Waals surface area (Å²) in [4.78, 5) is 16.8. The smallest absolute Gasteiger partial charge is 0.265 e. The van der Waals surface area contributed by atoms with Crippen molar-refractivity contribution >= 4 is 49.9 Å². The fourth-order valence-electron chi connectivity index (χ4n) is 4.12. The third-order valence-electron chi connectivity index (χ3n) is 5.93. The van der Waals surface area contributed by atoms with Crippen LogP contribution >= 0.6 is 23.2 Å². The van der Waals surface area contributed by atoms with Crippen LogP contribution in [0.2, 0.25) is 0 Å². The molecule has 8 nitrogen and oxygen atoms in total. The van der Waals surface area contributed by atoms with Gasteiger partial charge in [0.15, 0.2) is 5.12 Å². The lowest BCUT2D eigenvalue weighted by Crippen LogP contribution is -2.67. The number of fused-ring (bicyclic) bond motifs is 1. The Morgan fingerprint density at radius 1 is 1.26 bits per heavy atom. The molecule has 1 amide bonds. The summed E-state index contributed by atoms with van der Waals surface area (Å²) in [6, 6.07) is 14.7.